The van der Waals surface area contributed by atoms with Gasteiger partial charge in [-0.3, -0.25) is 0 Å². The molecule has 1 aliphatic carbocycles. The molecule has 1 aromatic carbocycles. The van der Waals surface area contributed by atoms with Gasteiger partial charge in [-0.15, -0.1) is 0 Å². The van der Waals surface area contributed by atoms with E-state index in [1.165, 1.54) is 6.07 Å². The Kier molecular flexibility index (Phi) is 4.65. The number of benzene rings is 1. The molecule has 1 saturated carbocycles. The third-order valence-electron chi connectivity index (χ3n) is 3.72. The summed E-state index contributed by atoms with van der Waals surface area (Å²) in [6.45, 7) is 0.0468. The van der Waals surface area contributed by atoms with Crippen LogP contribution >= 0.6 is 0 Å². The third kappa shape index (κ3) is 3.49. The number of hydrogen-bond donors (Lipinski definition) is 2. The zero-order chi connectivity index (χ0) is 14.8. The molecule has 0 aromatic heterocycles. The van der Waals surface area contributed by atoms with Crippen LogP contribution in [-0.4, -0.2) is 12.6 Å². The first-order valence-corrected chi connectivity index (χ1v) is 6.74. The van der Waals surface area contributed by atoms with Crippen LogP contribution < -0.4 is 11.1 Å². The molecule has 1 atom stereocenters. The van der Waals surface area contributed by atoms with Gasteiger partial charge < -0.3 is 11.1 Å². The van der Waals surface area contributed by atoms with Gasteiger partial charge >= 0.3 is 6.18 Å². The SMILES string of the molecule is NCC(NC1CCCC1)c1ccc(F)cc1C(F)(F)F. The Hall–Kier alpha value is -1.14. The molecule has 1 aromatic rings. The first-order valence-electron chi connectivity index (χ1n) is 6.74. The van der Waals surface area contributed by atoms with E-state index in [0.717, 1.165) is 31.7 Å². The van der Waals surface area contributed by atoms with Crippen LogP contribution in [0.2, 0.25) is 0 Å². The van der Waals surface area contributed by atoms with E-state index in [-0.39, 0.29) is 18.2 Å². The van der Waals surface area contributed by atoms with Crippen molar-refractivity contribution in [1.82, 2.24) is 5.32 Å². The van der Waals surface area contributed by atoms with E-state index in [1.54, 1.807) is 0 Å². The van der Waals surface area contributed by atoms with Gasteiger partial charge in [0.15, 0.2) is 0 Å². The molecule has 20 heavy (non-hydrogen) atoms. The normalized spacial score (nSPS) is 18.4. The van der Waals surface area contributed by atoms with Gasteiger partial charge in [0, 0.05) is 18.6 Å². The van der Waals surface area contributed by atoms with Crippen LogP contribution in [0.5, 0.6) is 0 Å². The lowest BCUT2D eigenvalue weighted by Gasteiger charge is -2.25. The summed E-state index contributed by atoms with van der Waals surface area (Å²) in [6.07, 6.45) is -0.546. The van der Waals surface area contributed by atoms with Crippen molar-refractivity contribution in [2.75, 3.05) is 6.54 Å². The van der Waals surface area contributed by atoms with Crippen LogP contribution in [0.25, 0.3) is 0 Å². The average Bonchev–Trinajstić information content (AvgIpc) is 2.88. The highest BCUT2D eigenvalue weighted by Gasteiger charge is 2.36. The maximum Gasteiger partial charge on any atom is 0.416 e. The molecule has 1 aliphatic rings. The molecular weight excluding hydrogens is 272 g/mol. The summed E-state index contributed by atoms with van der Waals surface area (Å²) in [5, 5.41) is 3.17. The van der Waals surface area contributed by atoms with Crippen LogP contribution in [0.3, 0.4) is 0 Å². The second-order valence-corrected chi connectivity index (χ2v) is 5.17. The van der Waals surface area contributed by atoms with Crippen LogP contribution in [0.15, 0.2) is 18.2 Å². The summed E-state index contributed by atoms with van der Waals surface area (Å²) >= 11 is 0. The lowest BCUT2D eigenvalue weighted by Crippen LogP contribution is -2.36. The van der Waals surface area contributed by atoms with Gasteiger partial charge in [0.25, 0.3) is 0 Å². The van der Waals surface area contributed by atoms with E-state index in [1.807, 2.05) is 0 Å². The zero-order valence-corrected chi connectivity index (χ0v) is 11.0. The van der Waals surface area contributed by atoms with E-state index in [0.29, 0.717) is 6.07 Å². The average molecular weight is 290 g/mol. The largest absolute Gasteiger partial charge is 0.416 e. The van der Waals surface area contributed by atoms with Gasteiger partial charge in [-0.2, -0.15) is 13.2 Å². The first kappa shape index (κ1) is 15.3. The van der Waals surface area contributed by atoms with E-state index in [2.05, 4.69) is 5.32 Å². The summed E-state index contributed by atoms with van der Waals surface area (Å²) in [4.78, 5) is 0. The Morgan fingerprint density at radius 1 is 1.25 bits per heavy atom. The number of nitrogens with two attached hydrogens (primary N) is 1. The zero-order valence-electron chi connectivity index (χ0n) is 11.0. The summed E-state index contributed by atoms with van der Waals surface area (Å²) in [5.74, 6) is -0.891. The van der Waals surface area contributed by atoms with E-state index in [9.17, 15) is 17.6 Å². The summed E-state index contributed by atoms with van der Waals surface area (Å²) in [5.41, 5.74) is 4.69. The Balaban J connectivity index is 2.28. The minimum atomic E-state index is -4.58. The molecule has 2 rings (SSSR count). The Morgan fingerprint density at radius 2 is 1.90 bits per heavy atom. The monoisotopic (exact) mass is 290 g/mol. The predicted molar refractivity (Wildman–Crippen MR) is 68.6 cm³/mol. The van der Waals surface area contributed by atoms with Crippen molar-refractivity contribution in [3.63, 3.8) is 0 Å². The fraction of sp³-hybridized carbons (Fsp3) is 0.571. The molecule has 1 fully saturated rings. The van der Waals surface area contributed by atoms with Crippen molar-refractivity contribution in [1.29, 1.82) is 0 Å². The van der Waals surface area contributed by atoms with Crippen molar-refractivity contribution in [3.05, 3.63) is 35.1 Å². The highest BCUT2D eigenvalue weighted by molar-refractivity contribution is 5.33. The molecule has 1 unspecified atom stereocenters. The number of rotatable bonds is 4. The number of halogens is 4. The highest BCUT2D eigenvalue weighted by Crippen LogP contribution is 2.35. The molecule has 2 nitrogen and oxygen atoms in total. The van der Waals surface area contributed by atoms with Crippen molar-refractivity contribution < 1.29 is 17.6 Å². The molecule has 6 heteroatoms. The third-order valence-corrected chi connectivity index (χ3v) is 3.72. The Labute approximate surface area is 115 Å². The highest BCUT2D eigenvalue weighted by atomic mass is 19.4. The fourth-order valence-electron chi connectivity index (χ4n) is 2.74. The molecule has 0 aliphatic heterocycles. The molecule has 112 valence electrons. The lowest BCUT2D eigenvalue weighted by molar-refractivity contribution is -0.138. The predicted octanol–water partition coefficient (Wildman–Crippen LogP) is 3.38. The Morgan fingerprint density at radius 3 is 2.45 bits per heavy atom. The molecule has 0 saturated heterocycles. The van der Waals surface area contributed by atoms with Gasteiger partial charge in [0.05, 0.1) is 5.56 Å². The molecule has 0 heterocycles. The standard InChI is InChI=1S/C14H18F4N2/c15-9-5-6-11(12(7-9)14(16,17)18)13(8-19)20-10-3-1-2-4-10/h5-7,10,13,20H,1-4,8,19H2. The summed E-state index contributed by atoms with van der Waals surface area (Å²) in [7, 11) is 0. The van der Waals surface area contributed by atoms with Crippen LogP contribution in [0.1, 0.15) is 42.9 Å². The van der Waals surface area contributed by atoms with Gasteiger partial charge in [-0.25, -0.2) is 4.39 Å². The molecule has 0 amide bonds. The topological polar surface area (TPSA) is 38.0 Å². The molecule has 0 radical (unpaired) electrons. The van der Waals surface area contributed by atoms with E-state index >= 15 is 0 Å². The van der Waals surface area contributed by atoms with Crippen molar-refractivity contribution in [2.24, 2.45) is 5.73 Å². The summed E-state index contributed by atoms with van der Waals surface area (Å²) in [6, 6.07) is 2.35. The number of alkyl halides is 3. The van der Waals surface area contributed by atoms with Crippen LogP contribution in [0, 0.1) is 5.82 Å². The van der Waals surface area contributed by atoms with Gasteiger partial charge in [-0.05, 0) is 30.5 Å². The second-order valence-electron chi connectivity index (χ2n) is 5.17. The van der Waals surface area contributed by atoms with Crippen molar-refractivity contribution in [2.45, 2.75) is 43.9 Å². The lowest BCUT2D eigenvalue weighted by atomic mass is 9.98. The summed E-state index contributed by atoms with van der Waals surface area (Å²) < 4.78 is 52.1. The number of hydrogen-bond acceptors (Lipinski definition) is 2. The number of nitrogens with one attached hydrogen (secondary N) is 1. The molecular formula is C14H18F4N2. The fourth-order valence-corrected chi connectivity index (χ4v) is 2.74. The maximum absolute atomic E-state index is 13.1. The van der Waals surface area contributed by atoms with Crippen molar-refractivity contribution in [3.8, 4) is 0 Å². The smallest absolute Gasteiger partial charge is 0.329 e. The van der Waals surface area contributed by atoms with Gasteiger partial charge in [0.2, 0.25) is 0 Å². The first-order chi connectivity index (χ1) is 9.41. The quantitative estimate of drug-likeness (QED) is 0.834. The minimum Gasteiger partial charge on any atom is -0.329 e. The molecule has 3 N–H and O–H groups in total. The van der Waals surface area contributed by atoms with Crippen molar-refractivity contribution >= 4 is 0 Å². The molecule has 0 spiro atoms. The maximum atomic E-state index is 13.1. The van der Waals surface area contributed by atoms with E-state index < -0.39 is 23.6 Å². The second kappa shape index (κ2) is 6.10. The van der Waals surface area contributed by atoms with Gasteiger partial charge in [0.1, 0.15) is 5.82 Å². The van der Waals surface area contributed by atoms with E-state index in [4.69, 9.17) is 5.73 Å². The Bertz CT molecular complexity index is 453. The van der Waals surface area contributed by atoms with Crippen LogP contribution in [-0.2, 0) is 6.18 Å². The van der Waals surface area contributed by atoms with Crippen LogP contribution in [0.4, 0.5) is 17.6 Å². The molecule has 0 bridgehead atoms. The van der Waals surface area contributed by atoms with Gasteiger partial charge in [-0.1, -0.05) is 18.9 Å². The minimum absolute atomic E-state index is 0.0216.